The molecule has 4 heteroatoms. The van der Waals surface area contributed by atoms with Crippen molar-refractivity contribution < 1.29 is 9.53 Å². The van der Waals surface area contributed by atoms with E-state index in [1.54, 1.807) is 6.20 Å². The Morgan fingerprint density at radius 1 is 1.21 bits per heavy atom. The lowest BCUT2D eigenvalue weighted by molar-refractivity contribution is -0.118. The third-order valence-corrected chi connectivity index (χ3v) is 6.93. The second-order valence-electron chi connectivity index (χ2n) is 8.47. The highest BCUT2D eigenvalue weighted by atomic mass is 16.5. The predicted molar refractivity (Wildman–Crippen MR) is 91.6 cm³/mol. The van der Waals surface area contributed by atoms with Gasteiger partial charge < -0.3 is 4.74 Å². The van der Waals surface area contributed by atoms with Crippen LogP contribution in [0.2, 0.25) is 0 Å². The SMILES string of the molecule is CC(OC(=O)c1cccc2cn[nH]c12)C12CC3CC(CC(C3)C1)C2. The van der Waals surface area contributed by atoms with Crippen molar-refractivity contribution in [3.8, 4) is 0 Å². The fourth-order valence-electron chi connectivity index (χ4n) is 6.16. The molecule has 0 saturated heterocycles. The molecule has 0 amide bonds. The lowest BCUT2D eigenvalue weighted by Gasteiger charge is -2.58. The normalized spacial score (nSPS) is 35.3. The number of nitrogens with zero attached hydrogens (tertiary/aromatic N) is 1. The summed E-state index contributed by atoms with van der Waals surface area (Å²) >= 11 is 0. The van der Waals surface area contributed by atoms with Crippen molar-refractivity contribution in [1.29, 1.82) is 0 Å². The topological polar surface area (TPSA) is 55.0 Å². The van der Waals surface area contributed by atoms with Crippen LogP contribution in [0, 0.1) is 23.2 Å². The summed E-state index contributed by atoms with van der Waals surface area (Å²) in [7, 11) is 0. The molecule has 126 valence electrons. The Kier molecular flexibility index (Phi) is 3.07. The first-order valence-electron chi connectivity index (χ1n) is 9.26. The highest BCUT2D eigenvalue weighted by Crippen LogP contribution is 2.61. The molecule has 4 nitrogen and oxygen atoms in total. The van der Waals surface area contributed by atoms with Crippen LogP contribution >= 0.6 is 0 Å². The number of H-pyrrole nitrogens is 1. The summed E-state index contributed by atoms with van der Waals surface area (Å²) < 4.78 is 6.01. The molecular formula is C20H24N2O2. The van der Waals surface area contributed by atoms with Gasteiger partial charge in [0.2, 0.25) is 0 Å². The van der Waals surface area contributed by atoms with Crippen LogP contribution in [0.15, 0.2) is 24.4 Å². The zero-order chi connectivity index (χ0) is 16.3. The van der Waals surface area contributed by atoms with Crippen molar-refractivity contribution in [1.82, 2.24) is 10.2 Å². The van der Waals surface area contributed by atoms with Crippen molar-refractivity contribution in [2.24, 2.45) is 23.2 Å². The summed E-state index contributed by atoms with van der Waals surface area (Å²) in [6, 6.07) is 5.68. The summed E-state index contributed by atoms with van der Waals surface area (Å²) in [5.41, 5.74) is 1.61. The number of benzene rings is 1. The van der Waals surface area contributed by atoms with Gasteiger partial charge in [0.15, 0.2) is 0 Å². The lowest BCUT2D eigenvalue weighted by Crippen LogP contribution is -2.51. The maximum absolute atomic E-state index is 12.8. The predicted octanol–water partition coefficient (Wildman–Crippen LogP) is 4.32. The molecule has 0 aliphatic heterocycles. The maximum Gasteiger partial charge on any atom is 0.340 e. The fourth-order valence-corrected chi connectivity index (χ4v) is 6.16. The van der Waals surface area contributed by atoms with Gasteiger partial charge in [-0.3, -0.25) is 5.10 Å². The number of hydrogen-bond acceptors (Lipinski definition) is 3. The molecule has 0 radical (unpaired) electrons. The van der Waals surface area contributed by atoms with Crippen LogP contribution in [0.5, 0.6) is 0 Å². The van der Waals surface area contributed by atoms with E-state index in [9.17, 15) is 4.79 Å². The van der Waals surface area contributed by atoms with Gasteiger partial charge in [-0.2, -0.15) is 5.10 Å². The van der Waals surface area contributed by atoms with Crippen molar-refractivity contribution >= 4 is 16.9 Å². The Bertz CT molecular complexity index is 759. The molecular weight excluding hydrogens is 300 g/mol. The number of fused-ring (bicyclic) bond motifs is 1. The van der Waals surface area contributed by atoms with Gasteiger partial charge in [-0.25, -0.2) is 4.79 Å². The third kappa shape index (κ3) is 2.11. The molecule has 0 spiro atoms. The van der Waals surface area contributed by atoms with Crippen LogP contribution in [0.1, 0.15) is 55.8 Å². The van der Waals surface area contributed by atoms with Crippen LogP contribution in [0.4, 0.5) is 0 Å². The van der Waals surface area contributed by atoms with Gasteiger partial charge in [0.1, 0.15) is 6.10 Å². The summed E-state index contributed by atoms with van der Waals surface area (Å²) in [6.07, 6.45) is 9.73. The molecule has 4 aliphatic carbocycles. The monoisotopic (exact) mass is 324 g/mol. The third-order valence-electron chi connectivity index (χ3n) is 6.93. The van der Waals surface area contributed by atoms with E-state index >= 15 is 0 Å². The molecule has 2 aromatic rings. The molecule has 4 bridgehead atoms. The smallest absolute Gasteiger partial charge is 0.340 e. The summed E-state index contributed by atoms with van der Waals surface area (Å²) in [5.74, 6) is 2.39. The number of carbonyl (C=O) groups excluding carboxylic acids is 1. The summed E-state index contributed by atoms with van der Waals surface area (Å²) in [4.78, 5) is 12.8. The van der Waals surface area contributed by atoms with Gasteiger partial charge >= 0.3 is 5.97 Å². The quantitative estimate of drug-likeness (QED) is 0.855. The molecule has 6 rings (SSSR count). The maximum atomic E-state index is 12.8. The van der Waals surface area contributed by atoms with Crippen LogP contribution in [-0.2, 0) is 4.74 Å². The molecule has 1 aromatic carbocycles. The van der Waals surface area contributed by atoms with Crippen LogP contribution in [0.3, 0.4) is 0 Å². The van der Waals surface area contributed by atoms with E-state index in [1.165, 1.54) is 38.5 Å². The molecule has 1 N–H and O–H groups in total. The first kappa shape index (κ1) is 14.5. The number of esters is 1. The molecule has 24 heavy (non-hydrogen) atoms. The van der Waals surface area contributed by atoms with Crippen molar-refractivity contribution in [3.63, 3.8) is 0 Å². The minimum atomic E-state index is -0.215. The van der Waals surface area contributed by atoms with E-state index in [2.05, 4.69) is 17.1 Å². The van der Waals surface area contributed by atoms with E-state index in [0.717, 1.165) is 28.7 Å². The Hall–Kier alpha value is -1.84. The van der Waals surface area contributed by atoms with Crippen molar-refractivity contribution in [2.45, 2.75) is 51.6 Å². The van der Waals surface area contributed by atoms with Crippen LogP contribution < -0.4 is 0 Å². The summed E-state index contributed by atoms with van der Waals surface area (Å²) in [6.45, 7) is 2.12. The highest BCUT2D eigenvalue weighted by molar-refractivity contribution is 6.02. The molecule has 4 aliphatic rings. The average Bonchev–Trinajstić information content (AvgIpc) is 3.01. The summed E-state index contributed by atoms with van der Waals surface area (Å²) in [5, 5.41) is 7.92. The molecule has 1 aromatic heterocycles. The number of carbonyl (C=O) groups is 1. The minimum Gasteiger partial charge on any atom is -0.458 e. The highest BCUT2D eigenvalue weighted by Gasteiger charge is 2.54. The van der Waals surface area contributed by atoms with Gasteiger partial charge in [-0.05, 0) is 69.3 Å². The zero-order valence-corrected chi connectivity index (χ0v) is 14.1. The fraction of sp³-hybridized carbons (Fsp3) is 0.600. The molecule has 1 heterocycles. The Balaban J connectivity index is 1.39. The Labute approximate surface area is 142 Å². The van der Waals surface area contributed by atoms with E-state index in [0.29, 0.717) is 5.56 Å². The molecule has 1 atom stereocenters. The zero-order valence-electron chi connectivity index (χ0n) is 14.1. The largest absolute Gasteiger partial charge is 0.458 e. The van der Waals surface area contributed by atoms with Crippen molar-refractivity contribution in [2.75, 3.05) is 0 Å². The van der Waals surface area contributed by atoms with Gasteiger partial charge in [-0.1, -0.05) is 12.1 Å². The number of aromatic amines is 1. The van der Waals surface area contributed by atoms with E-state index in [-0.39, 0.29) is 17.5 Å². The first-order valence-corrected chi connectivity index (χ1v) is 9.26. The number of aromatic nitrogens is 2. The second-order valence-corrected chi connectivity index (χ2v) is 8.47. The molecule has 1 unspecified atom stereocenters. The number of ether oxygens (including phenoxy) is 1. The molecule has 4 saturated carbocycles. The van der Waals surface area contributed by atoms with E-state index in [1.807, 2.05) is 18.2 Å². The van der Waals surface area contributed by atoms with E-state index < -0.39 is 0 Å². The van der Waals surface area contributed by atoms with E-state index in [4.69, 9.17) is 4.74 Å². The standard InChI is InChI=1S/C20H24N2O2/c1-12(20-8-13-5-14(9-20)7-15(6-13)10-20)24-19(23)17-4-2-3-16-11-21-22-18(16)17/h2-4,11-15H,5-10H2,1H3,(H,21,22). The minimum absolute atomic E-state index is 0.00317. The van der Waals surface area contributed by atoms with Gasteiger partial charge in [0.25, 0.3) is 0 Å². The van der Waals surface area contributed by atoms with Gasteiger partial charge in [-0.15, -0.1) is 0 Å². The van der Waals surface area contributed by atoms with Gasteiger partial charge in [0, 0.05) is 10.8 Å². The first-order chi connectivity index (χ1) is 11.6. The van der Waals surface area contributed by atoms with Gasteiger partial charge in [0.05, 0.1) is 17.3 Å². The van der Waals surface area contributed by atoms with Crippen molar-refractivity contribution in [3.05, 3.63) is 30.0 Å². The molecule has 4 fully saturated rings. The number of hydrogen-bond donors (Lipinski definition) is 1. The Morgan fingerprint density at radius 3 is 2.54 bits per heavy atom. The average molecular weight is 324 g/mol. The van der Waals surface area contributed by atoms with Crippen LogP contribution in [0.25, 0.3) is 10.9 Å². The Morgan fingerprint density at radius 2 is 1.88 bits per heavy atom. The number of nitrogens with one attached hydrogen (secondary N) is 1. The lowest BCUT2D eigenvalue weighted by atomic mass is 9.48. The van der Waals surface area contributed by atoms with Crippen LogP contribution in [-0.4, -0.2) is 22.3 Å². The second kappa shape index (κ2) is 5.08. The number of rotatable bonds is 3. The number of para-hydroxylation sites is 1.